The van der Waals surface area contributed by atoms with Crippen molar-refractivity contribution in [2.24, 2.45) is 11.7 Å². The van der Waals surface area contributed by atoms with Crippen LogP contribution in [0.2, 0.25) is 0 Å². The Kier molecular flexibility index (Phi) is 4.43. The number of carboxylic acid groups (broad SMARTS) is 1. The molecular formula is C7H10N2O3. The third kappa shape index (κ3) is 3.00. The van der Waals surface area contributed by atoms with E-state index >= 15 is 0 Å². The van der Waals surface area contributed by atoms with Gasteiger partial charge in [0.2, 0.25) is 0 Å². The number of benzene rings is 1. The van der Waals surface area contributed by atoms with Gasteiger partial charge in [-0.15, -0.1) is 0 Å². The first-order chi connectivity index (χ1) is 5.70. The van der Waals surface area contributed by atoms with E-state index in [0.717, 1.165) is 0 Å². The summed E-state index contributed by atoms with van der Waals surface area (Å²) in [7, 11) is 0. The summed E-state index contributed by atoms with van der Waals surface area (Å²) in [6.45, 7) is 0. The highest BCUT2D eigenvalue weighted by Crippen LogP contribution is 2.08. The molecular weight excluding hydrogens is 160 g/mol. The molecule has 0 bridgehead atoms. The van der Waals surface area contributed by atoms with Crippen molar-refractivity contribution in [2.75, 3.05) is 0 Å². The van der Waals surface area contributed by atoms with Gasteiger partial charge in [0.05, 0.1) is 5.56 Å². The quantitative estimate of drug-likeness (QED) is 0.348. The second kappa shape index (κ2) is 5.11. The molecule has 0 unspecified atom stereocenters. The zero-order valence-corrected chi connectivity index (χ0v) is 6.27. The number of carbonyl (C=O) groups is 1. The Morgan fingerprint density at radius 1 is 1.17 bits per heavy atom. The fraction of sp³-hybridized carbons (Fsp3) is 0. The van der Waals surface area contributed by atoms with E-state index < -0.39 is 5.97 Å². The van der Waals surface area contributed by atoms with Crippen molar-refractivity contribution in [1.82, 2.24) is 0 Å². The largest absolute Gasteiger partial charge is 0.508 e. The Morgan fingerprint density at radius 3 is 1.92 bits per heavy atom. The fourth-order valence-electron chi connectivity index (χ4n) is 0.604. The van der Waals surface area contributed by atoms with Gasteiger partial charge < -0.3 is 10.2 Å². The van der Waals surface area contributed by atoms with Crippen LogP contribution in [0.15, 0.2) is 24.3 Å². The van der Waals surface area contributed by atoms with Crippen LogP contribution in [0.25, 0.3) is 0 Å². The summed E-state index contributed by atoms with van der Waals surface area (Å²) in [4.78, 5) is 10.2. The van der Waals surface area contributed by atoms with Crippen LogP contribution in [-0.2, 0) is 0 Å². The molecule has 0 fully saturated rings. The topological polar surface area (TPSA) is 110 Å². The lowest BCUT2D eigenvalue weighted by Crippen LogP contribution is -2.02. The van der Waals surface area contributed by atoms with Crippen molar-refractivity contribution in [3.8, 4) is 5.75 Å². The van der Waals surface area contributed by atoms with Crippen LogP contribution in [0.1, 0.15) is 10.4 Å². The first-order valence-electron chi connectivity index (χ1n) is 3.06. The smallest absolute Gasteiger partial charge is 0.335 e. The Labute approximate surface area is 69.2 Å². The first-order valence-corrected chi connectivity index (χ1v) is 3.06. The second-order valence-corrected chi connectivity index (χ2v) is 1.85. The lowest BCUT2D eigenvalue weighted by Gasteiger charge is -1.92. The van der Waals surface area contributed by atoms with Crippen molar-refractivity contribution < 1.29 is 15.0 Å². The van der Waals surface area contributed by atoms with Crippen molar-refractivity contribution in [3.63, 3.8) is 0 Å². The summed E-state index contributed by atoms with van der Waals surface area (Å²) in [6, 6.07) is 5.36. The SMILES string of the molecule is NN.O=C(O)c1ccc(O)cc1. The van der Waals surface area contributed by atoms with E-state index in [9.17, 15) is 4.79 Å². The van der Waals surface area contributed by atoms with Gasteiger partial charge in [0.15, 0.2) is 0 Å². The molecule has 0 saturated carbocycles. The molecule has 0 aliphatic heterocycles. The predicted molar refractivity (Wildman–Crippen MR) is 43.4 cm³/mol. The maximum absolute atomic E-state index is 10.2. The van der Waals surface area contributed by atoms with Gasteiger partial charge in [-0.25, -0.2) is 4.79 Å². The lowest BCUT2D eigenvalue weighted by atomic mass is 10.2. The summed E-state index contributed by atoms with van der Waals surface area (Å²) < 4.78 is 0. The number of phenols is 1. The molecule has 1 aromatic rings. The van der Waals surface area contributed by atoms with Gasteiger partial charge >= 0.3 is 5.97 Å². The van der Waals surface area contributed by atoms with E-state index in [-0.39, 0.29) is 11.3 Å². The van der Waals surface area contributed by atoms with Crippen LogP contribution in [0.5, 0.6) is 5.75 Å². The Balaban J connectivity index is 0.000000561. The standard InChI is InChI=1S/C7H6O3.H4N2/c8-6-3-1-5(2-4-6)7(9)10;1-2/h1-4,8H,(H,9,10);1-2H2. The van der Waals surface area contributed by atoms with Gasteiger partial charge in [-0.05, 0) is 24.3 Å². The van der Waals surface area contributed by atoms with Crippen molar-refractivity contribution in [1.29, 1.82) is 0 Å². The molecule has 66 valence electrons. The Morgan fingerprint density at radius 2 is 1.58 bits per heavy atom. The summed E-state index contributed by atoms with van der Waals surface area (Å²) in [6.07, 6.45) is 0. The molecule has 0 spiro atoms. The third-order valence-electron chi connectivity index (χ3n) is 1.11. The molecule has 0 saturated heterocycles. The van der Waals surface area contributed by atoms with Gasteiger partial charge in [0.25, 0.3) is 0 Å². The lowest BCUT2D eigenvalue weighted by molar-refractivity contribution is 0.0697. The van der Waals surface area contributed by atoms with E-state index in [2.05, 4.69) is 11.7 Å². The minimum Gasteiger partial charge on any atom is -0.508 e. The van der Waals surface area contributed by atoms with Crippen LogP contribution in [-0.4, -0.2) is 16.2 Å². The number of aromatic carboxylic acids is 1. The summed E-state index contributed by atoms with van der Waals surface area (Å²) in [5, 5.41) is 17.1. The number of nitrogens with two attached hydrogens (primary N) is 2. The number of carboxylic acids is 1. The zero-order valence-electron chi connectivity index (χ0n) is 6.27. The number of aromatic hydroxyl groups is 1. The average molecular weight is 170 g/mol. The molecule has 12 heavy (non-hydrogen) atoms. The highest BCUT2D eigenvalue weighted by atomic mass is 16.4. The van der Waals surface area contributed by atoms with E-state index in [4.69, 9.17) is 10.2 Å². The number of hydrogen-bond acceptors (Lipinski definition) is 4. The normalized spacial score (nSPS) is 8.17. The van der Waals surface area contributed by atoms with E-state index in [1.54, 1.807) is 0 Å². The fourth-order valence-corrected chi connectivity index (χ4v) is 0.604. The predicted octanol–water partition coefficient (Wildman–Crippen LogP) is -0.0908. The van der Waals surface area contributed by atoms with E-state index in [0.29, 0.717) is 0 Å². The first kappa shape index (κ1) is 10.4. The zero-order chi connectivity index (χ0) is 9.56. The van der Waals surface area contributed by atoms with Crippen molar-refractivity contribution in [2.45, 2.75) is 0 Å². The Bertz CT molecular complexity index is 245. The molecule has 0 radical (unpaired) electrons. The molecule has 6 N–H and O–H groups in total. The molecule has 0 aromatic heterocycles. The van der Waals surface area contributed by atoms with Gasteiger partial charge in [-0.1, -0.05) is 0 Å². The molecule has 1 aromatic carbocycles. The maximum atomic E-state index is 10.2. The van der Waals surface area contributed by atoms with Gasteiger partial charge in [-0.2, -0.15) is 0 Å². The molecule has 1 rings (SSSR count). The summed E-state index contributed by atoms with van der Waals surface area (Å²) >= 11 is 0. The maximum Gasteiger partial charge on any atom is 0.335 e. The van der Waals surface area contributed by atoms with Crippen molar-refractivity contribution >= 4 is 5.97 Å². The minimum atomic E-state index is -0.986. The van der Waals surface area contributed by atoms with Crippen LogP contribution in [0, 0.1) is 0 Å². The highest BCUT2D eigenvalue weighted by Gasteiger charge is 1.99. The minimum absolute atomic E-state index is 0.0741. The molecule has 5 nitrogen and oxygen atoms in total. The molecule has 0 aliphatic carbocycles. The molecule has 0 heterocycles. The van der Waals surface area contributed by atoms with Crippen LogP contribution >= 0.6 is 0 Å². The average Bonchev–Trinajstić information content (AvgIpc) is 2.09. The number of hydrogen-bond donors (Lipinski definition) is 4. The number of hydrazine groups is 1. The van der Waals surface area contributed by atoms with Crippen LogP contribution in [0.4, 0.5) is 0 Å². The molecule has 0 atom stereocenters. The Hall–Kier alpha value is -1.59. The molecule has 0 amide bonds. The van der Waals surface area contributed by atoms with Crippen LogP contribution < -0.4 is 11.7 Å². The monoisotopic (exact) mass is 170 g/mol. The molecule has 5 heteroatoms. The van der Waals surface area contributed by atoms with Gasteiger partial charge in [-0.3, -0.25) is 11.7 Å². The second-order valence-electron chi connectivity index (χ2n) is 1.85. The van der Waals surface area contributed by atoms with E-state index in [1.807, 2.05) is 0 Å². The highest BCUT2D eigenvalue weighted by molar-refractivity contribution is 5.87. The number of rotatable bonds is 1. The summed E-state index contributed by atoms with van der Waals surface area (Å²) in [5.74, 6) is 7.09. The van der Waals surface area contributed by atoms with Gasteiger partial charge in [0, 0.05) is 0 Å². The van der Waals surface area contributed by atoms with E-state index in [1.165, 1.54) is 24.3 Å². The summed E-state index contributed by atoms with van der Waals surface area (Å²) in [5.41, 5.74) is 0.179. The van der Waals surface area contributed by atoms with Gasteiger partial charge in [0.1, 0.15) is 5.75 Å². The third-order valence-corrected chi connectivity index (χ3v) is 1.11. The number of phenolic OH excluding ortho intramolecular Hbond substituents is 1. The van der Waals surface area contributed by atoms with Crippen LogP contribution in [0.3, 0.4) is 0 Å². The van der Waals surface area contributed by atoms with Crippen molar-refractivity contribution in [3.05, 3.63) is 29.8 Å². The molecule has 0 aliphatic rings.